The number of aromatic nitrogens is 1. The maximum Gasteiger partial charge on any atom is 0.268 e. The highest BCUT2D eigenvalue weighted by Gasteiger charge is 2.21. The van der Waals surface area contributed by atoms with Gasteiger partial charge in [0.05, 0.1) is 20.1 Å². The summed E-state index contributed by atoms with van der Waals surface area (Å²) in [5.41, 5.74) is 4.25. The summed E-state index contributed by atoms with van der Waals surface area (Å²) >= 11 is 5.22. The van der Waals surface area contributed by atoms with Gasteiger partial charge in [-0.05, 0) is 59.0 Å². The molecule has 0 radical (unpaired) electrons. The van der Waals surface area contributed by atoms with E-state index in [9.17, 15) is 4.79 Å². The number of rotatable bonds is 5. The number of nitrogens with one attached hydrogen (secondary N) is 1. The average molecular weight is 433 g/mol. The van der Waals surface area contributed by atoms with Crippen molar-refractivity contribution in [2.45, 2.75) is 32.4 Å². The van der Waals surface area contributed by atoms with Gasteiger partial charge in [-0.3, -0.25) is 4.79 Å². The number of carbonyl (C=O) groups is 1. The summed E-state index contributed by atoms with van der Waals surface area (Å²) in [6.45, 7) is 4.17. The Hall–Kier alpha value is -1.63. The standard InChI is InChI=1S/C20H21BrN2O2S/c1-13-5-2-3-6-14(13)12-23-16-10-19(21)26-18(16)9-17(23)20(24)22-11-15-7-4-8-25-15/h2-3,5-6,9-10,15H,4,7-8,11-12H2,1H3,(H,22,24). The number of thiophene rings is 1. The Morgan fingerprint density at radius 2 is 2.23 bits per heavy atom. The second-order valence-electron chi connectivity index (χ2n) is 6.69. The van der Waals surface area contributed by atoms with E-state index in [4.69, 9.17) is 4.74 Å². The first-order valence-electron chi connectivity index (χ1n) is 8.84. The van der Waals surface area contributed by atoms with Crippen LogP contribution in [0.15, 0.2) is 40.2 Å². The monoisotopic (exact) mass is 432 g/mol. The van der Waals surface area contributed by atoms with E-state index >= 15 is 0 Å². The van der Waals surface area contributed by atoms with Gasteiger partial charge >= 0.3 is 0 Å². The van der Waals surface area contributed by atoms with Gasteiger partial charge in [0, 0.05) is 19.7 Å². The topological polar surface area (TPSA) is 43.3 Å². The summed E-state index contributed by atoms with van der Waals surface area (Å²) < 4.78 is 9.92. The number of ether oxygens (including phenoxy) is 1. The van der Waals surface area contributed by atoms with Gasteiger partial charge in [-0.15, -0.1) is 11.3 Å². The van der Waals surface area contributed by atoms with E-state index in [1.165, 1.54) is 11.1 Å². The quantitative estimate of drug-likeness (QED) is 0.632. The van der Waals surface area contributed by atoms with Crippen LogP contribution in [-0.2, 0) is 11.3 Å². The lowest BCUT2D eigenvalue weighted by atomic mass is 10.1. The van der Waals surface area contributed by atoms with E-state index in [0.29, 0.717) is 18.8 Å². The van der Waals surface area contributed by atoms with Crippen LogP contribution in [0.5, 0.6) is 0 Å². The molecule has 1 aliphatic rings. The van der Waals surface area contributed by atoms with Gasteiger partial charge in [-0.1, -0.05) is 24.3 Å². The molecule has 4 rings (SSSR count). The Morgan fingerprint density at radius 1 is 1.38 bits per heavy atom. The molecule has 1 saturated heterocycles. The average Bonchev–Trinajstić information content (AvgIpc) is 3.32. The van der Waals surface area contributed by atoms with Crippen LogP contribution in [-0.4, -0.2) is 29.7 Å². The molecule has 0 spiro atoms. The smallest absolute Gasteiger partial charge is 0.268 e. The molecule has 1 unspecified atom stereocenters. The third kappa shape index (κ3) is 3.59. The van der Waals surface area contributed by atoms with Crippen LogP contribution in [0, 0.1) is 6.92 Å². The van der Waals surface area contributed by atoms with Crippen molar-refractivity contribution in [2.75, 3.05) is 13.2 Å². The fourth-order valence-electron chi connectivity index (χ4n) is 3.43. The molecule has 26 heavy (non-hydrogen) atoms. The van der Waals surface area contributed by atoms with Crippen molar-refractivity contribution < 1.29 is 9.53 Å². The van der Waals surface area contributed by atoms with Gasteiger partial charge in [0.1, 0.15) is 5.69 Å². The summed E-state index contributed by atoms with van der Waals surface area (Å²) in [5, 5.41) is 3.06. The van der Waals surface area contributed by atoms with Crippen LogP contribution in [0.4, 0.5) is 0 Å². The molecule has 1 atom stereocenters. The summed E-state index contributed by atoms with van der Waals surface area (Å²) in [6, 6.07) is 12.4. The molecule has 6 heteroatoms. The minimum absolute atomic E-state index is 0.0337. The molecule has 0 bridgehead atoms. The number of fused-ring (bicyclic) bond motifs is 1. The second-order valence-corrected chi connectivity index (χ2v) is 9.15. The molecule has 136 valence electrons. The first-order chi connectivity index (χ1) is 12.6. The third-order valence-corrected chi connectivity index (χ3v) is 6.47. The van der Waals surface area contributed by atoms with E-state index in [1.54, 1.807) is 11.3 Å². The molecule has 4 nitrogen and oxygen atoms in total. The summed E-state index contributed by atoms with van der Waals surface area (Å²) in [4.78, 5) is 12.9. The molecular formula is C20H21BrN2O2S. The lowest BCUT2D eigenvalue weighted by Gasteiger charge is -2.14. The number of halogens is 1. The van der Waals surface area contributed by atoms with E-state index in [0.717, 1.165) is 33.5 Å². The number of aryl methyl sites for hydroxylation is 1. The molecule has 1 amide bonds. The first-order valence-corrected chi connectivity index (χ1v) is 10.5. The molecular weight excluding hydrogens is 412 g/mol. The lowest BCUT2D eigenvalue weighted by Crippen LogP contribution is -2.33. The van der Waals surface area contributed by atoms with Crippen LogP contribution < -0.4 is 5.32 Å². The van der Waals surface area contributed by atoms with Crippen LogP contribution in [0.2, 0.25) is 0 Å². The molecule has 0 aliphatic carbocycles. The number of nitrogens with zero attached hydrogens (tertiary/aromatic N) is 1. The van der Waals surface area contributed by atoms with Crippen LogP contribution in [0.3, 0.4) is 0 Å². The molecule has 0 saturated carbocycles. The zero-order valence-electron chi connectivity index (χ0n) is 14.6. The Labute approximate surface area is 165 Å². The molecule has 1 fully saturated rings. The van der Waals surface area contributed by atoms with Gasteiger partial charge in [-0.25, -0.2) is 0 Å². The Balaban J connectivity index is 1.64. The molecule has 3 aromatic rings. The predicted octanol–water partition coefficient (Wildman–Crippen LogP) is 4.73. The summed E-state index contributed by atoms with van der Waals surface area (Å²) in [5.74, 6) is -0.0337. The number of amides is 1. The minimum Gasteiger partial charge on any atom is -0.376 e. The van der Waals surface area contributed by atoms with Gasteiger partial charge in [0.15, 0.2) is 0 Å². The van der Waals surface area contributed by atoms with E-state index < -0.39 is 0 Å². The van der Waals surface area contributed by atoms with Gasteiger partial charge in [0.2, 0.25) is 0 Å². The van der Waals surface area contributed by atoms with E-state index in [-0.39, 0.29) is 12.0 Å². The van der Waals surface area contributed by atoms with Crippen LogP contribution in [0.25, 0.3) is 10.2 Å². The van der Waals surface area contributed by atoms with Crippen molar-refractivity contribution in [2.24, 2.45) is 0 Å². The molecule has 2 aromatic heterocycles. The largest absolute Gasteiger partial charge is 0.376 e. The molecule has 1 N–H and O–H groups in total. The van der Waals surface area contributed by atoms with Crippen molar-refractivity contribution in [3.8, 4) is 0 Å². The summed E-state index contributed by atoms with van der Waals surface area (Å²) in [6.07, 6.45) is 2.24. The van der Waals surface area contributed by atoms with Crippen molar-refractivity contribution in [3.05, 3.63) is 57.0 Å². The number of hydrogen-bond acceptors (Lipinski definition) is 3. The van der Waals surface area contributed by atoms with Gasteiger partial charge in [-0.2, -0.15) is 0 Å². The zero-order valence-corrected chi connectivity index (χ0v) is 17.0. The van der Waals surface area contributed by atoms with Crippen molar-refractivity contribution in [1.29, 1.82) is 0 Å². The first kappa shape index (κ1) is 17.8. The van der Waals surface area contributed by atoms with Crippen molar-refractivity contribution in [3.63, 3.8) is 0 Å². The Kier molecular flexibility index (Phi) is 5.16. The Morgan fingerprint density at radius 3 is 3.00 bits per heavy atom. The van der Waals surface area contributed by atoms with Gasteiger partial charge < -0.3 is 14.6 Å². The minimum atomic E-state index is -0.0337. The Bertz CT molecular complexity index is 941. The van der Waals surface area contributed by atoms with E-state index in [1.807, 2.05) is 18.2 Å². The number of carbonyl (C=O) groups excluding carboxylic acids is 1. The summed E-state index contributed by atoms with van der Waals surface area (Å²) in [7, 11) is 0. The fraction of sp³-hybridized carbons (Fsp3) is 0.350. The maximum absolute atomic E-state index is 12.9. The van der Waals surface area contributed by atoms with Crippen LogP contribution >= 0.6 is 27.3 Å². The lowest BCUT2D eigenvalue weighted by molar-refractivity contribution is 0.0851. The highest BCUT2D eigenvalue weighted by atomic mass is 79.9. The normalized spacial score (nSPS) is 17.1. The molecule has 1 aliphatic heterocycles. The van der Waals surface area contributed by atoms with Crippen LogP contribution in [0.1, 0.15) is 34.5 Å². The number of benzene rings is 1. The van der Waals surface area contributed by atoms with Gasteiger partial charge in [0.25, 0.3) is 5.91 Å². The second kappa shape index (κ2) is 7.55. The van der Waals surface area contributed by atoms with E-state index in [2.05, 4.69) is 50.9 Å². The fourth-order valence-corrected chi connectivity index (χ4v) is 5.00. The highest BCUT2D eigenvalue weighted by molar-refractivity contribution is 9.11. The predicted molar refractivity (Wildman–Crippen MR) is 109 cm³/mol. The SMILES string of the molecule is Cc1ccccc1Cn1c(C(=O)NCC2CCCO2)cc2sc(Br)cc21. The van der Waals surface area contributed by atoms with Crippen molar-refractivity contribution in [1.82, 2.24) is 9.88 Å². The maximum atomic E-state index is 12.9. The number of hydrogen-bond donors (Lipinski definition) is 1. The third-order valence-electron chi connectivity index (χ3n) is 4.90. The molecule has 3 heterocycles. The molecule has 1 aromatic carbocycles. The highest BCUT2D eigenvalue weighted by Crippen LogP contribution is 2.33. The zero-order chi connectivity index (χ0) is 18.1. The van der Waals surface area contributed by atoms with Crippen molar-refractivity contribution >= 4 is 43.4 Å².